The van der Waals surface area contributed by atoms with Crippen molar-refractivity contribution < 1.29 is 9.53 Å². The number of nitrogens with one attached hydrogen (secondary N) is 1. The van der Waals surface area contributed by atoms with Crippen LogP contribution in [0.25, 0.3) is 11.3 Å². The van der Waals surface area contributed by atoms with E-state index in [1.54, 1.807) is 4.90 Å². The lowest BCUT2D eigenvalue weighted by Crippen LogP contribution is -2.50. The van der Waals surface area contributed by atoms with Crippen LogP contribution in [0.1, 0.15) is 20.8 Å². The number of nitrogens with zero attached hydrogens (tertiary/aromatic N) is 3. The Kier molecular flexibility index (Phi) is 4.90. The predicted molar refractivity (Wildman–Crippen MR) is 99.1 cm³/mol. The molecule has 1 amide bonds. The third kappa shape index (κ3) is 4.25. The number of aromatic amines is 1. The molecule has 1 saturated heterocycles. The number of ether oxygens (including phenoxy) is 1. The number of halogens is 1. The smallest absolute Gasteiger partial charge is 0.410 e. The average Bonchev–Trinajstić information content (AvgIpc) is 3.04. The topological polar surface area (TPSA) is 61.5 Å². The van der Waals surface area contributed by atoms with Crippen LogP contribution in [0.15, 0.2) is 30.5 Å². The molecule has 1 aromatic heterocycles. The summed E-state index contributed by atoms with van der Waals surface area (Å²) in [6.07, 6.45) is 1.57. The summed E-state index contributed by atoms with van der Waals surface area (Å²) in [6, 6.07) is 7.66. The quantitative estimate of drug-likeness (QED) is 0.883. The van der Waals surface area contributed by atoms with E-state index in [-0.39, 0.29) is 6.09 Å². The van der Waals surface area contributed by atoms with E-state index >= 15 is 0 Å². The average molecular weight is 363 g/mol. The lowest BCUT2D eigenvalue weighted by Gasteiger charge is -2.36. The van der Waals surface area contributed by atoms with Gasteiger partial charge in [0.05, 0.1) is 17.6 Å². The molecule has 134 valence electrons. The van der Waals surface area contributed by atoms with Crippen LogP contribution < -0.4 is 4.90 Å². The van der Waals surface area contributed by atoms with Gasteiger partial charge in [0.15, 0.2) is 0 Å². The molecule has 3 rings (SSSR count). The Morgan fingerprint density at radius 3 is 2.40 bits per heavy atom. The number of hydrogen-bond donors (Lipinski definition) is 1. The van der Waals surface area contributed by atoms with Crippen LogP contribution >= 0.6 is 11.6 Å². The van der Waals surface area contributed by atoms with Crippen LogP contribution in [-0.2, 0) is 4.74 Å². The molecule has 2 heterocycles. The van der Waals surface area contributed by atoms with E-state index < -0.39 is 5.60 Å². The zero-order valence-corrected chi connectivity index (χ0v) is 15.5. The first-order chi connectivity index (χ1) is 11.8. The van der Waals surface area contributed by atoms with Crippen molar-refractivity contribution >= 4 is 23.4 Å². The van der Waals surface area contributed by atoms with Gasteiger partial charge in [0, 0.05) is 36.8 Å². The fourth-order valence-corrected chi connectivity index (χ4v) is 2.93. The molecule has 0 aliphatic carbocycles. The zero-order chi connectivity index (χ0) is 18.0. The Bertz CT molecular complexity index is 728. The molecule has 1 fully saturated rings. The second kappa shape index (κ2) is 6.96. The third-order valence-electron chi connectivity index (χ3n) is 4.02. The van der Waals surface area contributed by atoms with Gasteiger partial charge < -0.3 is 14.5 Å². The first-order valence-corrected chi connectivity index (χ1v) is 8.73. The number of amides is 1. The summed E-state index contributed by atoms with van der Waals surface area (Å²) < 4.78 is 5.44. The van der Waals surface area contributed by atoms with E-state index in [2.05, 4.69) is 15.1 Å². The molecule has 6 nitrogen and oxygen atoms in total. The van der Waals surface area contributed by atoms with Crippen molar-refractivity contribution in [1.82, 2.24) is 15.1 Å². The molecule has 1 aliphatic heterocycles. The van der Waals surface area contributed by atoms with Crippen molar-refractivity contribution in [3.8, 4) is 11.3 Å². The van der Waals surface area contributed by atoms with Crippen LogP contribution in [0.2, 0.25) is 5.02 Å². The monoisotopic (exact) mass is 362 g/mol. The van der Waals surface area contributed by atoms with Crippen LogP contribution in [0.3, 0.4) is 0 Å². The SMILES string of the molecule is CC(C)(C)OC(=O)N1CCN(c2cn[nH]c2-c2ccc(Cl)cc2)CC1. The second-order valence-corrected chi connectivity index (χ2v) is 7.53. The molecule has 0 radical (unpaired) electrons. The molecule has 0 unspecified atom stereocenters. The van der Waals surface area contributed by atoms with Gasteiger partial charge in [0.1, 0.15) is 5.60 Å². The van der Waals surface area contributed by atoms with Crippen molar-refractivity contribution in [2.45, 2.75) is 26.4 Å². The first kappa shape index (κ1) is 17.6. The van der Waals surface area contributed by atoms with Gasteiger partial charge in [-0.3, -0.25) is 5.10 Å². The summed E-state index contributed by atoms with van der Waals surface area (Å²) in [4.78, 5) is 16.2. The maximum absolute atomic E-state index is 12.2. The number of carbonyl (C=O) groups is 1. The zero-order valence-electron chi connectivity index (χ0n) is 14.8. The highest BCUT2D eigenvalue weighted by Gasteiger charge is 2.27. The molecular weight excluding hydrogens is 340 g/mol. The fourth-order valence-electron chi connectivity index (χ4n) is 2.80. The number of carbonyl (C=O) groups excluding carboxylic acids is 1. The van der Waals surface area contributed by atoms with Crippen molar-refractivity contribution in [2.24, 2.45) is 0 Å². The standard InChI is InChI=1S/C18H23ClN4O2/c1-18(2,3)25-17(24)23-10-8-22(9-11-23)15-12-20-21-16(15)13-4-6-14(19)7-5-13/h4-7,12H,8-11H2,1-3H3,(H,20,21). The molecule has 1 aliphatic rings. The van der Waals surface area contributed by atoms with E-state index in [1.165, 1.54) is 0 Å². The number of anilines is 1. The molecule has 7 heteroatoms. The molecule has 0 saturated carbocycles. The third-order valence-corrected chi connectivity index (χ3v) is 4.28. The van der Waals surface area contributed by atoms with E-state index in [9.17, 15) is 4.79 Å². The Hall–Kier alpha value is -2.21. The van der Waals surface area contributed by atoms with Crippen LogP contribution in [-0.4, -0.2) is 53.0 Å². The van der Waals surface area contributed by atoms with Gasteiger partial charge >= 0.3 is 6.09 Å². The summed E-state index contributed by atoms with van der Waals surface area (Å²) in [5.41, 5.74) is 2.56. The normalized spacial score (nSPS) is 15.4. The molecule has 0 atom stereocenters. The number of benzene rings is 1. The lowest BCUT2D eigenvalue weighted by atomic mass is 10.1. The summed E-state index contributed by atoms with van der Waals surface area (Å²) in [6.45, 7) is 8.36. The number of piperazine rings is 1. The van der Waals surface area contributed by atoms with Gasteiger partial charge in [-0.2, -0.15) is 5.10 Å². The summed E-state index contributed by atoms with van der Waals surface area (Å²) in [7, 11) is 0. The van der Waals surface area contributed by atoms with Gasteiger partial charge in [-0.15, -0.1) is 0 Å². The Labute approximate surface area is 152 Å². The summed E-state index contributed by atoms with van der Waals surface area (Å²) in [5, 5.41) is 7.96. The van der Waals surface area contributed by atoms with Gasteiger partial charge in [-0.25, -0.2) is 4.79 Å². The van der Waals surface area contributed by atoms with Crippen LogP contribution in [0.4, 0.5) is 10.5 Å². The maximum atomic E-state index is 12.2. The molecule has 1 N–H and O–H groups in total. The van der Waals surface area contributed by atoms with E-state index in [1.807, 2.05) is 51.2 Å². The molecule has 1 aromatic carbocycles. The molecule has 25 heavy (non-hydrogen) atoms. The lowest BCUT2D eigenvalue weighted by molar-refractivity contribution is 0.0240. The van der Waals surface area contributed by atoms with Crippen molar-refractivity contribution in [3.05, 3.63) is 35.5 Å². The predicted octanol–water partition coefficient (Wildman–Crippen LogP) is 3.79. The van der Waals surface area contributed by atoms with Crippen molar-refractivity contribution in [2.75, 3.05) is 31.1 Å². The minimum atomic E-state index is -0.472. The van der Waals surface area contributed by atoms with Crippen LogP contribution in [0.5, 0.6) is 0 Å². The Balaban J connectivity index is 1.67. The Morgan fingerprint density at radius 2 is 1.80 bits per heavy atom. The number of rotatable bonds is 2. The number of hydrogen-bond acceptors (Lipinski definition) is 4. The van der Waals surface area contributed by atoms with E-state index in [4.69, 9.17) is 16.3 Å². The van der Waals surface area contributed by atoms with E-state index in [0.717, 1.165) is 30.0 Å². The minimum Gasteiger partial charge on any atom is -0.444 e. The van der Waals surface area contributed by atoms with Crippen molar-refractivity contribution in [3.63, 3.8) is 0 Å². The van der Waals surface area contributed by atoms with Gasteiger partial charge in [0.25, 0.3) is 0 Å². The second-order valence-electron chi connectivity index (χ2n) is 7.09. The van der Waals surface area contributed by atoms with Gasteiger partial charge in [-0.05, 0) is 32.9 Å². The highest BCUT2D eigenvalue weighted by molar-refractivity contribution is 6.30. The van der Waals surface area contributed by atoms with Gasteiger partial charge in [-0.1, -0.05) is 23.7 Å². The number of H-pyrrole nitrogens is 1. The maximum Gasteiger partial charge on any atom is 0.410 e. The number of aromatic nitrogens is 2. The molecule has 0 spiro atoms. The summed E-state index contributed by atoms with van der Waals surface area (Å²) in [5.74, 6) is 0. The van der Waals surface area contributed by atoms with Crippen LogP contribution in [0, 0.1) is 0 Å². The van der Waals surface area contributed by atoms with Gasteiger partial charge in [0.2, 0.25) is 0 Å². The molecule has 2 aromatic rings. The van der Waals surface area contributed by atoms with E-state index in [0.29, 0.717) is 18.1 Å². The minimum absolute atomic E-state index is 0.253. The fraction of sp³-hybridized carbons (Fsp3) is 0.444. The summed E-state index contributed by atoms with van der Waals surface area (Å²) >= 11 is 5.97. The first-order valence-electron chi connectivity index (χ1n) is 8.36. The highest BCUT2D eigenvalue weighted by Crippen LogP contribution is 2.30. The van der Waals surface area contributed by atoms with Crippen molar-refractivity contribution in [1.29, 1.82) is 0 Å². The molecular formula is C18H23ClN4O2. The largest absolute Gasteiger partial charge is 0.444 e. The highest BCUT2D eigenvalue weighted by atomic mass is 35.5. The Morgan fingerprint density at radius 1 is 1.16 bits per heavy atom. The molecule has 0 bridgehead atoms.